The van der Waals surface area contributed by atoms with Crippen LogP contribution in [0.3, 0.4) is 0 Å². The molecule has 1 aliphatic heterocycles. The molecule has 0 unspecified atom stereocenters. The Hall–Kier alpha value is -1.73. The summed E-state index contributed by atoms with van der Waals surface area (Å²) in [5, 5.41) is 8.14. The minimum absolute atomic E-state index is 0.272. The van der Waals surface area contributed by atoms with Crippen molar-refractivity contribution in [2.45, 2.75) is 59.2 Å². The lowest BCUT2D eigenvalue weighted by Gasteiger charge is -2.23. The van der Waals surface area contributed by atoms with Gasteiger partial charge in [-0.05, 0) is 27.3 Å². The van der Waals surface area contributed by atoms with Crippen LogP contribution in [-0.2, 0) is 13.1 Å². The molecule has 0 N–H and O–H groups in total. The summed E-state index contributed by atoms with van der Waals surface area (Å²) in [5.74, 6) is 2.68. The first-order valence-corrected chi connectivity index (χ1v) is 8.61. The first-order valence-electron chi connectivity index (χ1n) is 8.61. The number of likely N-dealkylation sites (N-methyl/N-ethyl adjacent to an activating group) is 1. The van der Waals surface area contributed by atoms with Gasteiger partial charge in [-0.2, -0.15) is 4.98 Å². The molecule has 3 rings (SSSR count). The summed E-state index contributed by atoms with van der Waals surface area (Å²) in [6.07, 6.45) is 1.15. The van der Waals surface area contributed by atoms with Gasteiger partial charge in [-0.1, -0.05) is 24.2 Å². The quantitative estimate of drug-likeness (QED) is 0.804. The van der Waals surface area contributed by atoms with Crippen LogP contribution in [0.1, 0.15) is 54.9 Å². The zero-order valence-electron chi connectivity index (χ0n) is 15.2. The van der Waals surface area contributed by atoms with Crippen molar-refractivity contribution in [2.24, 2.45) is 0 Å². The molecular formula is C17H27N5O2. The molecule has 1 aliphatic rings. The van der Waals surface area contributed by atoms with Gasteiger partial charge in [0.15, 0.2) is 5.82 Å². The van der Waals surface area contributed by atoms with E-state index in [1.54, 1.807) is 0 Å². The number of rotatable bonds is 6. The molecule has 24 heavy (non-hydrogen) atoms. The van der Waals surface area contributed by atoms with Crippen LogP contribution in [0.15, 0.2) is 9.05 Å². The fraction of sp³-hybridized carbons (Fsp3) is 0.706. The lowest BCUT2D eigenvalue weighted by Crippen LogP contribution is -2.34. The van der Waals surface area contributed by atoms with Crippen molar-refractivity contribution in [1.82, 2.24) is 25.1 Å². The molecule has 0 aromatic carbocycles. The third-order valence-electron chi connectivity index (χ3n) is 4.80. The lowest BCUT2D eigenvalue weighted by atomic mass is 10.2. The van der Waals surface area contributed by atoms with Crippen LogP contribution < -0.4 is 0 Å². The van der Waals surface area contributed by atoms with Crippen molar-refractivity contribution in [3.8, 4) is 0 Å². The maximum absolute atomic E-state index is 5.29. The van der Waals surface area contributed by atoms with Crippen LogP contribution >= 0.6 is 0 Å². The predicted octanol–water partition coefficient (Wildman–Crippen LogP) is 2.50. The highest BCUT2D eigenvalue weighted by atomic mass is 16.5. The SMILES string of the molecule is Cc1noc(C)c1CN1CC[C@H](N(C)Cc2noc(C(C)C)n2)C1. The third kappa shape index (κ3) is 3.67. The highest BCUT2D eigenvalue weighted by Crippen LogP contribution is 2.21. The Morgan fingerprint density at radius 3 is 2.67 bits per heavy atom. The molecule has 0 bridgehead atoms. The van der Waals surface area contributed by atoms with E-state index >= 15 is 0 Å². The Morgan fingerprint density at radius 1 is 1.25 bits per heavy atom. The molecule has 1 fully saturated rings. The molecule has 2 aromatic rings. The topological polar surface area (TPSA) is 71.4 Å². The Kier molecular flexibility index (Phi) is 5.01. The first kappa shape index (κ1) is 17.1. The number of aryl methyl sites for hydroxylation is 2. The van der Waals surface area contributed by atoms with Gasteiger partial charge in [-0.25, -0.2) is 0 Å². The molecule has 0 aliphatic carbocycles. The van der Waals surface area contributed by atoms with Gasteiger partial charge in [0.1, 0.15) is 5.76 Å². The van der Waals surface area contributed by atoms with Crippen LogP contribution in [0.2, 0.25) is 0 Å². The fourth-order valence-electron chi connectivity index (χ4n) is 3.19. The van der Waals surface area contributed by atoms with Crippen molar-refractivity contribution >= 4 is 0 Å². The van der Waals surface area contributed by atoms with Gasteiger partial charge in [0.2, 0.25) is 5.89 Å². The molecule has 3 heterocycles. The second-order valence-electron chi connectivity index (χ2n) is 7.10. The van der Waals surface area contributed by atoms with E-state index in [0.29, 0.717) is 11.9 Å². The monoisotopic (exact) mass is 333 g/mol. The largest absolute Gasteiger partial charge is 0.361 e. The third-order valence-corrected chi connectivity index (χ3v) is 4.80. The summed E-state index contributed by atoms with van der Waals surface area (Å²) >= 11 is 0. The number of nitrogens with zero attached hydrogens (tertiary/aromatic N) is 5. The van der Waals surface area contributed by atoms with Gasteiger partial charge >= 0.3 is 0 Å². The molecule has 132 valence electrons. The average molecular weight is 333 g/mol. The lowest BCUT2D eigenvalue weighted by molar-refractivity contribution is 0.215. The van der Waals surface area contributed by atoms with E-state index in [1.165, 1.54) is 5.56 Å². The molecule has 2 aromatic heterocycles. The van der Waals surface area contributed by atoms with E-state index in [0.717, 1.165) is 49.9 Å². The van der Waals surface area contributed by atoms with E-state index in [-0.39, 0.29) is 5.92 Å². The first-order chi connectivity index (χ1) is 11.4. The number of hydrogen-bond donors (Lipinski definition) is 0. The van der Waals surface area contributed by atoms with E-state index in [9.17, 15) is 0 Å². The van der Waals surface area contributed by atoms with Crippen molar-refractivity contribution < 1.29 is 9.05 Å². The smallest absolute Gasteiger partial charge is 0.229 e. The highest BCUT2D eigenvalue weighted by molar-refractivity contribution is 5.20. The highest BCUT2D eigenvalue weighted by Gasteiger charge is 2.28. The van der Waals surface area contributed by atoms with Gasteiger partial charge in [0, 0.05) is 37.2 Å². The summed E-state index contributed by atoms with van der Waals surface area (Å²) in [4.78, 5) is 9.25. The normalized spacial score (nSPS) is 19.0. The molecule has 0 saturated carbocycles. The zero-order valence-corrected chi connectivity index (χ0v) is 15.2. The maximum atomic E-state index is 5.29. The minimum Gasteiger partial charge on any atom is -0.361 e. The summed E-state index contributed by atoms with van der Waals surface area (Å²) in [7, 11) is 2.13. The standard InChI is InChI=1S/C17H27N5O2/c1-11(2)17-18-16(20-24-17)10-21(5)14-6-7-22(8-14)9-15-12(3)19-23-13(15)4/h11,14H,6-10H2,1-5H3/t14-/m0/s1. The molecule has 0 amide bonds. The van der Waals surface area contributed by atoms with Gasteiger partial charge in [0.05, 0.1) is 12.2 Å². The Bertz CT molecular complexity index is 659. The summed E-state index contributed by atoms with van der Waals surface area (Å²) in [6, 6.07) is 0.506. The Morgan fingerprint density at radius 2 is 2.04 bits per heavy atom. The van der Waals surface area contributed by atoms with Crippen LogP contribution in [0.4, 0.5) is 0 Å². The van der Waals surface area contributed by atoms with Gasteiger partial charge < -0.3 is 9.05 Å². The van der Waals surface area contributed by atoms with Crippen molar-refractivity contribution in [1.29, 1.82) is 0 Å². The summed E-state index contributed by atoms with van der Waals surface area (Å²) < 4.78 is 10.6. The summed E-state index contributed by atoms with van der Waals surface area (Å²) in [5.41, 5.74) is 2.22. The summed E-state index contributed by atoms with van der Waals surface area (Å²) in [6.45, 7) is 11.9. The van der Waals surface area contributed by atoms with Crippen LogP contribution in [0.25, 0.3) is 0 Å². The Labute approximate surface area is 143 Å². The van der Waals surface area contributed by atoms with Crippen molar-refractivity contribution in [3.05, 3.63) is 28.7 Å². The van der Waals surface area contributed by atoms with Gasteiger partial charge in [-0.3, -0.25) is 9.80 Å². The minimum atomic E-state index is 0.272. The molecular weight excluding hydrogens is 306 g/mol. The fourth-order valence-corrected chi connectivity index (χ4v) is 3.19. The van der Waals surface area contributed by atoms with E-state index < -0.39 is 0 Å². The van der Waals surface area contributed by atoms with E-state index in [1.807, 2.05) is 13.8 Å². The maximum Gasteiger partial charge on any atom is 0.229 e. The molecule has 1 atom stereocenters. The molecule has 7 nitrogen and oxygen atoms in total. The number of hydrogen-bond acceptors (Lipinski definition) is 7. The van der Waals surface area contributed by atoms with E-state index in [4.69, 9.17) is 9.05 Å². The molecule has 1 saturated heterocycles. The number of likely N-dealkylation sites (tertiary alicyclic amines) is 1. The zero-order chi connectivity index (χ0) is 17.3. The second-order valence-corrected chi connectivity index (χ2v) is 7.10. The van der Waals surface area contributed by atoms with E-state index in [2.05, 4.69) is 46.0 Å². The molecule has 7 heteroatoms. The average Bonchev–Trinajstić information content (AvgIpc) is 3.24. The van der Waals surface area contributed by atoms with Crippen LogP contribution in [-0.4, -0.2) is 51.3 Å². The second kappa shape index (κ2) is 7.03. The Balaban J connectivity index is 1.54. The van der Waals surface area contributed by atoms with Crippen LogP contribution in [0.5, 0.6) is 0 Å². The van der Waals surface area contributed by atoms with Crippen LogP contribution in [0, 0.1) is 13.8 Å². The predicted molar refractivity (Wildman–Crippen MR) is 89.5 cm³/mol. The number of aromatic nitrogens is 3. The van der Waals surface area contributed by atoms with Gasteiger partial charge in [-0.15, -0.1) is 0 Å². The molecule has 0 radical (unpaired) electrons. The van der Waals surface area contributed by atoms with Crippen molar-refractivity contribution in [3.63, 3.8) is 0 Å². The van der Waals surface area contributed by atoms with Gasteiger partial charge in [0.25, 0.3) is 0 Å². The molecule has 0 spiro atoms. The van der Waals surface area contributed by atoms with Crippen molar-refractivity contribution in [2.75, 3.05) is 20.1 Å².